The van der Waals surface area contributed by atoms with E-state index in [1.54, 1.807) is 12.1 Å². The summed E-state index contributed by atoms with van der Waals surface area (Å²) >= 11 is 0. The summed E-state index contributed by atoms with van der Waals surface area (Å²) < 4.78 is 41.1. The number of carbonyl (C=O) groups excluding carboxylic acids is 2. The van der Waals surface area contributed by atoms with Crippen molar-refractivity contribution in [2.45, 2.75) is 31.0 Å². The first kappa shape index (κ1) is 22.7. The molecule has 3 heterocycles. The number of imide groups is 1. The Morgan fingerprint density at radius 1 is 1.12 bits per heavy atom. The van der Waals surface area contributed by atoms with E-state index in [0.717, 1.165) is 12.3 Å². The number of benzene rings is 1. The van der Waals surface area contributed by atoms with Crippen LogP contribution in [0.1, 0.15) is 41.8 Å². The number of pyridine rings is 1. The van der Waals surface area contributed by atoms with Gasteiger partial charge >= 0.3 is 12.2 Å². The Labute approximate surface area is 187 Å². The van der Waals surface area contributed by atoms with E-state index >= 15 is 0 Å². The van der Waals surface area contributed by atoms with Gasteiger partial charge in [-0.25, -0.2) is 4.79 Å². The molecule has 3 aromatic rings. The molecule has 33 heavy (non-hydrogen) atoms. The number of nitrogens with one attached hydrogen (secondary N) is 2. The minimum Gasteiger partial charge on any atom is -0.341 e. The first-order chi connectivity index (χ1) is 15.8. The number of urea groups is 1. The molecular weight excluding hydrogens is 437 g/mol. The predicted octanol–water partition coefficient (Wildman–Crippen LogP) is 3.12. The number of carbonyl (C=O) groups is 2. The number of alkyl halides is 3. The number of halogens is 3. The number of piperidine rings is 1. The number of nitrogens with zero attached hydrogens (tertiary/aromatic N) is 4. The summed E-state index contributed by atoms with van der Waals surface area (Å²) in [5, 5.41) is 12.9. The molecule has 3 amide bonds. The highest BCUT2D eigenvalue weighted by molar-refractivity contribution is 5.97. The highest BCUT2D eigenvalue weighted by Gasteiger charge is 2.35. The molecule has 2 atom stereocenters. The van der Waals surface area contributed by atoms with Crippen LogP contribution < -0.4 is 10.6 Å². The van der Waals surface area contributed by atoms with Gasteiger partial charge in [0.15, 0.2) is 5.65 Å². The van der Waals surface area contributed by atoms with Crippen LogP contribution in [0.2, 0.25) is 0 Å². The fourth-order valence-corrected chi connectivity index (χ4v) is 4.21. The summed E-state index contributed by atoms with van der Waals surface area (Å²) in [6.45, 7) is 0.958. The third-order valence-electron chi connectivity index (χ3n) is 5.77. The second-order valence-electron chi connectivity index (χ2n) is 7.92. The smallest absolute Gasteiger partial charge is 0.341 e. The van der Waals surface area contributed by atoms with Gasteiger partial charge in [-0.15, -0.1) is 10.2 Å². The zero-order chi connectivity index (χ0) is 23.6. The highest BCUT2D eigenvalue weighted by atomic mass is 19.4. The Kier molecular flexibility index (Phi) is 6.32. The second kappa shape index (κ2) is 9.18. The molecule has 2 aromatic heterocycles. The van der Waals surface area contributed by atoms with Crippen molar-refractivity contribution in [2.24, 2.45) is 0 Å². The molecule has 0 aliphatic carbocycles. The Hall–Kier alpha value is -3.47. The molecule has 174 valence electrons. The molecule has 0 saturated carbocycles. The van der Waals surface area contributed by atoms with Crippen LogP contribution in [-0.2, 0) is 11.0 Å². The first-order valence-corrected chi connectivity index (χ1v) is 10.5. The van der Waals surface area contributed by atoms with Crippen molar-refractivity contribution in [3.05, 3.63) is 65.6 Å². The lowest BCUT2D eigenvalue weighted by atomic mass is 9.93. The van der Waals surface area contributed by atoms with Gasteiger partial charge in [-0.2, -0.15) is 13.2 Å². The minimum atomic E-state index is -4.48. The SMILES string of the molecule is CNC(=O)NC(=O)[C@@H](c1ccccc1)N1CCC[C@@H](c2nnc3ccc(C(F)(F)F)cn23)C1. The normalized spacial score (nSPS) is 18.1. The van der Waals surface area contributed by atoms with E-state index in [9.17, 15) is 22.8 Å². The van der Waals surface area contributed by atoms with E-state index in [1.165, 1.54) is 17.5 Å². The molecule has 1 fully saturated rings. The third-order valence-corrected chi connectivity index (χ3v) is 5.77. The molecular formula is C22H23F3N6O2. The molecule has 2 N–H and O–H groups in total. The number of amides is 3. The van der Waals surface area contributed by atoms with Crippen LogP contribution >= 0.6 is 0 Å². The molecule has 11 heteroatoms. The maximum atomic E-state index is 13.2. The fraction of sp³-hybridized carbons (Fsp3) is 0.364. The van der Waals surface area contributed by atoms with Crippen LogP contribution in [0.25, 0.3) is 5.65 Å². The Balaban J connectivity index is 1.65. The van der Waals surface area contributed by atoms with Gasteiger partial charge in [0.25, 0.3) is 0 Å². The van der Waals surface area contributed by atoms with Crippen LogP contribution in [0, 0.1) is 0 Å². The summed E-state index contributed by atoms with van der Waals surface area (Å²) in [5.74, 6) is -0.303. The topological polar surface area (TPSA) is 91.6 Å². The number of fused-ring (bicyclic) bond motifs is 1. The fourth-order valence-electron chi connectivity index (χ4n) is 4.21. The molecule has 0 spiro atoms. The van der Waals surface area contributed by atoms with Crippen molar-refractivity contribution >= 4 is 17.6 Å². The molecule has 1 aliphatic rings. The number of likely N-dealkylation sites (tertiary alicyclic amines) is 1. The van der Waals surface area contributed by atoms with Crippen molar-refractivity contribution in [1.82, 2.24) is 30.1 Å². The zero-order valence-electron chi connectivity index (χ0n) is 17.8. The van der Waals surface area contributed by atoms with Gasteiger partial charge in [0.05, 0.1) is 5.56 Å². The van der Waals surface area contributed by atoms with Crippen molar-refractivity contribution in [3.63, 3.8) is 0 Å². The lowest BCUT2D eigenvalue weighted by Gasteiger charge is -2.37. The molecule has 1 aromatic carbocycles. The Morgan fingerprint density at radius 3 is 2.58 bits per heavy atom. The molecule has 0 unspecified atom stereocenters. The molecule has 8 nitrogen and oxygen atoms in total. The van der Waals surface area contributed by atoms with Crippen molar-refractivity contribution in [1.29, 1.82) is 0 Å². The van der Waals surface area contributed by atoms with Crippen molar-refractivity contribution < 1.29 is 22.8 Å². The number of hydrogen-bond acceptors (Lipinski definition) is 5. The number of aromatic nitrogens is 3. The largest absolute Gasteiger partial charge is 0.417 e. The summed E-state index contributed by atoms with van der Waals surface area (Å²) in [6, 6.07) is 9.98. The van der Waals surface area contributed by atoms with Gasteiger partial charge in [-0.3, -0.25) is 19.4 Å². The van der Waals surface area contributed by atoms with Crippen LogP contribution in [0.5, 0.6) is 0 Å². The molecule has 4 rings (SSSR count). The molecule has 1 saturated heterocycles. The molecule has 1 aliphatic heterocycles. The average molecular weight is 460 g/mol. The van der Waals surface area contributed by atoms with Gasteiger partial charge in [-0.05, 0) is 37.1 Å². The van der Waals surface area contributed by atoms with Crippen LogP contribution in [0.4, 0.5) is 18.0 Å². The predicted molar refractivity (Wildman–Crippen MR) is 113 cm³/mol. The van der Waals surface area contributed by atoms with Gasteiger partial charge in [-0.1, -0.05) is 30.3 Å². The average Bonchev–Trinajstić information content (AvgIpc) is 3.23. The van der Waals surface area contributed by atoms with Gasteiger partial charge in [0.2, 0.25) is 5.91 Å². The lowest BCUT2D eigenvalue weighted by molar-refractivity contribution is -0.138. The quantitative estimate of drug-likeness (QED) is 0.624. The number of hydrogen-bond donors (Lipinski definition) is 2. The zero-order valence-corrected chi connectivity index (χ0v) is 17.8. The van der Waals surface area contributed by atoms with E-state index in [1.807, 2.05) is 23.1 Å². The van der Waals surface area contributed by atoms with Crippen molar-refractivity contribution in [3.8, 4) is 0 Å². The van der Waals surface area contributed by atoms with E-state index < -0.39 is 29.7 Å². The summed E-state index contributed by atoms with van der Waals surface area (Å²) in [4.78, 5) is 26.7. The summed E-state index contributed by atoms with van der Waals surface area (Å²) in [6.07, 6.45) is -2.08. The minimum absolute atomic E-state index is 0.240. The van der Waals surface area contributed by atoms with E-state index in [-0.39, 0.29) is 5.92 Å². The lowest BCUT2D eigenvalue weighted by Crippen LogP contribution is -2.48. The van der Waals surface area contributed by atoms with E-state index in [0.29, 0.717) is 43.0 Å². The Morgan fingerprint density at radius 2 is 1.88 bits per heavy atom. The van der Waals surface area contributed by atoms with Crippen LogP contribution in [0.15, 0.2) is 48.7 Å². The van der Waals surface area contributed by atoms with Crippen LogP contribution in [-0.4, -0.2) is 51.6 Å². The highest BCUT2D eigenvalue weighted by Crippen LogP contribution is 2.34. The van der Waals surface area contributed by atoms with E-state index in [4.69, 9.17) is 0 Å². The monoisotopic (exact) mass is 460 g/mol. The maximum Gasteiger partial charge on any atom is 0.417 e. The van der Waals surface area contributed by atoms with Gasteiger partial charge in [0, 0.05) is 25.7 Å². The molecule has 0 radical (unpaired) electrons. The van der Waals surface area contributed by atoms with Gasteiger partial charge < -0.3 is 5.32 Å². The van der Waals surface area contributed by atoms with Gasteiger partial charge in [0.1, 0.15) is 11.9 Å². The summed E-state index contributed by atoms with van der Waals surface area (Å²) in [5.41, 5.74) is 0.257. The first-order valence-electron chi connectivity index (χ1n) is 10.5. The third kappa shape index (κ3) is 4.82. The van der Waals surface area contributed by atoms with Crippen molar-refractivity contribution in [2.75, 3.05) is 20.1 Å². The Bertz CT molecular complexity index is 1150. The second-order valence-corrected chi connectivity index (χ2v) is 7.92. The molecule has 0 bridgehead atoms. The van der Waals surface area contributed by atoms with E-state index in [2.05, 4.69) is 20.8 Å². The number of rotatable bonds is 4. The summed E-state index contributed by atoms with van der Waals surface area (Å²) in [7, 11) is 1.42. The standard InChI is InChI=1S/C22H23F3N6O2/c1-26-21(33)27-20(32)18(14-6-3-2-4-7-14)30-11-5-8-15(12-30)19-29-28-17-10-9-16(13-31(17)19)22(23,24)25/h2-4,6-7,9-10,13,15,18H,5,8,11-12H2,1H3,(H2,26,27,32,33)/t15-,18-/m1/s1. The van der Waals surface area contributed by atoms with Crippen LogP contribution in [0.3, 0.4) is 0 Å². The maximum absolute atomic E-state index is 13.2.